The van der Waals surface area contributed by atoms with E-state index in [1.165, 1.54) is 6.92 Å². The third-order valence-electron chi connectivity index (χ3n) is 3.32. The molecule has 0 amide bonds. The van der Waals surface area contributed by atoms with E-state index in [0.717, 1.165) is 0 Å². The minimum atomic E-state index is -1.05. The molecule has 2 rings (SSSR count). The van der Waals surface area contributed by atoms with E-state index in [-0.39, 0.29) is 24.1 Å². The summed E-state index contributed by atoms with van der Waals surface area (Å²) in [5.41, 5.74) is -1.51. The number of nitrogens with zero attached hydrogens (tertiary/aromatic N) is 2. The fourth-order valence-electron chi connectivity index (χ4n) is 2.31. The zero-order chi connectivity index (χ0) is 19.3. The van der Waals surface area contributed by atoms with E-state index in [1.807, 2.05) is 0 Å². The Bertz CT molecular complexity index is 854. The largest absolute Gasteiger partial charge is 0.462 e. The third kappa shape index (κ3) is 3.80. The molecule has 0 unspecified atom stereocenters. The molecule has 8 nitrogen and oxygen atoms in total. The molecule has 0 radical (unpaired) electrons. The number of esters is 2. The number of halogens is 1. The first kappa shape index (κ1) is 19.3. The van der Waals surface area contributed by atoms with Crippen LogP contribution >= 0.6 is 11.6 Å². The smallest absolute Gasteiger partial charge is 0.346 e. The fourth-order valence-corrected chi connectivity index (χ4v) is 2.57. The Balaban J connectivity index is 2.88. The van der Waals surface area contributed by atoms with Crippen molar-refractivity contribution in [3.63, 3.8) is 0 Å². The molecule has 0 saturated carbocycles. The van der Waals surface area contributed by atoms with Crippen molar-refractivity contribution in [2.75, 3.05) is 13.2 Å². The van der Waals surface area contributed by atoms with Gasteiger partial charge in [-0.25, -0.2) is 14.6 Å². The lowest BCUT2D eigenvalue weighted by Crippen LogP contribution is -2.18. The molecule has 1 heterocycles. The average molecular weight is 379 g/mol. The Morgan fingerprint density at radius 2 is 1.62 bits per heavy atom. The summed E-state index contributed by atoms with van der Waals surface area (Å²) in [6.07, 6.45) is 0. The van der Waals surface area contributed by atoms with Crippen LogP contribution < -0.4 is 0 Å². The lowest BCUT2D eigenvalue weighted by molar-refractivity contribution is -0.384. The van der Waals surface area contributed by atoms with Gasteiger partial charge in [-0.3, -0.25) is 10.1 Å². The average Bonchev–Trinajstić information content (AvgIpc) is 2.61. The van der Waals surface area contributed by atoms with Gasteiger partial charge in [-0.2, -0.15) is 0 Å². The highest BCUT2D eigenvalue weighted by Crippen LogP contribution is 2.37. The van der Waals surface area contributed by atoms with Gasteiger partial charge in [-0.15, -0.1) is 0 Å². The van der Waals surface area contributed by atoms with Crippen LogP contribution in [0.15, 0.2) is 30.3 Å². The summed E-state index contributed by atoms with van der Waals surface area (Å²) >= 11 is 6.09. The Morgan fingerprint density at radius 1 is 1.08 bits per heavy atom. The molecule has 0 saturated heterocycles. The molecule has 0 aliphatic carbocycles. The molecule has 0 N–H and O–H groups in total. The molecule has 2 aromatic rings. The van der Waals surface area contributed by atoms with Crippen molar-refractivity contribution in [3.05, 3.63) is 56.7 Å². The zero-order valence-corrected chi connectivity index (χ0v) is 14.8. The SMILES string of the molecule is CCOC(=O)c1c(Cl)nc(-c2ccccc2)c([N+](=O)[O-])c1C(=O)OCC. The molecule has 0 aliphatic rings. The van der Waals surface area contributed by atoms with Gasteiger partial charge in [0.25, 0.3) is 0 Å². The molecule has 1 aromatic carbocycles. The molecule has 0 spiro atoms. The summed E-state index contributed by atoms with van der Waals surface area (Å²) < 4.78 is 9.76. The first-order chi connectivity index (χ1) is 12.4. The minimum absolute atomic E-state index is 0.00827. The van der Waals surface area contributed by atoms with Gasteiger partial charge in [0.05, 0.1) is 18.1 Å². The summed E-state index contributed by atoms with van der Waals surface area (Å²) in [6, 6.07) is 8.17. The number of hydrogen-bond acceptors (Lipinski definition) is 7. The quantitative estimate of drug-likeness (QED) is 0.326. The second kappa shape index (κ2) is 8.39. The predicted molar refractivity (Wildman–Crippen MR) is 93.3 cm³/mol. The number of nitro groups is 1. The molecular weight excluding hydrogens is 364 g/mol. The van der Waals surface area contributed by atoms with Gasteiger partial charge in [0.1, 0.15) is 10.7 Å². The van der Waals surface area contributed by atoms with E-state index in [4.69, 9.17) is 21.1 Å². The fraction of sp³-hybridized carbons (Fsp3) is 0.235. The van der Waals surface area contributed by atoms with Gasteiger partial charge >= 0.3 is 17.6 Å². The second-order valence-corrected chi connectivity index (χ2v) is 5.27. The molecule has 9 heteroatoms. The van der Waals surface area contributed by atoms with Crippen molar-refractivity contribution >= 4 is 29.2 Å². The van der Waals surface area contributed by atoms with Gasteiger partial charge in [-0.1, -0.05) is 41.9 Å². The monoisotopic (exact) mass is 378 g/mol. The summed E-state index contributed by atoms with van der Waals surface area (Å²) in [4.78, 5) is 39.6. The lowest BCUT2D eigenvalue weighted by Gasteiger charge is -2.13. The van der Waals surface area contributed by atoms with Crippen LogP contribution in [0.25, 0.3) is 11.3 Å². The maximum absolute atomic E-state index is 12.4. The van der Waals surface area contributed by atoms with E-state index in [1.54, 1.807) is 37.3 Å². The molecular formula is C17H15ClN2O6. The number of rotatable bonds is 6. The lowest BCUT2D eigenvalue weighted by atomic mass is 10.0. The van der Waals surface area contributed by atoms with Crippen molar-refractivity contribution in [2.24, 2.45) is 0 Å². The summed E-state index contributed by atoms with van der Waals surface area (Å²) in [5, 5.41) is 11.4. The van der Waals surface area contributed by atoms with Gasteiger partial charge in [0.2, 0.25) is 0 Å². The molecule has 0 fully saturated rings. The number of aromatic nitrogens is 1. The van der Waals surface area contributed by atoms with Crippen LogP contribution in [0.2, 0.25) is 5.15 Å². The van der Waals surface area contributed by atoms with Crippen LogP contribution in [0.1, 0.15) is 34.6 Å². The predicted octanol–water partition coefficient (Wildman–Crippen LogP) is 3.66. The van der Waals surface area contributed by atoms with Gasteiger partial charge in [0.15, 0.2) is 11.3 Å². The highest BCUT2D eigenvalue weighted by atomic mass is 35.5. The normalized spacial score (nSPS) is 10.3. The topological polar surface area (TPSA) is 109 Å². The van der Waals surface area contributed by atoms with E-state index >= 15 is 0 Å². The third-order valence-corrected chi connectivity index (χ3v) is 3.59. The molecule has 26 heavy (non-hydrogen) atoms. The Labute approximate surface area is 153 Å². The molecule has 0 aliphatic heterocycles. The minimum Gasteiger partial charge on any atom is -0.462 e. The van der Waals surface area contributed by atoms with Crippen molar-refractivity contribution in [3.8, 4) is 11.3 Å². The standard InChI is InChI=1S/C17H15ClN2O6/c1-3-25-16(21)11-12(17(22)26-4-2)15(18)19-13(14(11)20(23)24)10-8-6-5-7-9-10/h5-9H,3-4H2,1-2H3. The van der Waals surface area contributed by atoms with E-state index in [9.17, 15) is 19.7 Å². The van der Waals surface area contributed by atoms with Crippen molar-refractivity contribution in [2.45, 2.75) is 13.8 Å². The number of pyridine rings is 1. The van der Waals surface area contributed by atoms with E-state index in [0.29, 0.717) is 5.56 Å². The Kier molecular flexibility index (Phi) is 6.24. The number of hydrogen-bond donors (Lipinski definition) is 0. The molecule has 0 atom stereocenters. The first-order valence-electron chi connectivity index (χ1n) is 7.69. The van der Waals surface area contributed by atoms with Crippen LogP contribution in [0, 0.1) is 10.1 Å². The molecule has 136 valence electrons. The van der Waals surface area contributed by atoms with Crippen molar-refractivity contribution in [1.82, 2.24) is 4.98 Å². The van der Waals surface area contributed by atoms with Gasteiger partial charge in [-0.05, 0) is 13.8 Å². The summed E-state index contributed by atoms with van der Waals surface area (Å²) in [5.74, 6) is -2.04. The number of benzene rings is 1. The highest BCUT2D eigenvalue weighted by molar-refractivity contribution is 6.34. The second-order valence-electron chi connectivity index (χ2n) is 4.91. The van der Waals surface area contributed by atoms with E-state index < -0.39 is 33.7 Å². The molecule has 1 aromatic heterocycles. The Morgan fingerprint density at radius 3 is 2.12 bits per heavy atom. The first-order valence-corrected chi connectivity index (χ1v) is 8.07. The highest BCUT2D eigenvalue weighted by Gasteiger charge is 2.36. The maximum Gasteiger partial charge on any atom is 0.346 e. The van der Waals surface area contributed by atoms with Crippen LogP contribution in [0.4, 0.5) is 5.69 Å². The van der Waals surface area contributed by atoms with E-state index in [2.05, 4.69) is 4.98 Å². The molecule has 0 bridgehead atoms. The summed E-state index contributed by atoms with van der Waals surface area (Å²) in [7, 11) is 0. The Hall–Kier alpha value is -3.00. The number of ether oxygens (including phenoxy) is 2. The van der Waals surface area contributed by atoms with Crippen LogP contribution in [0.3, 0.4) is 0 Å². The number of carbonyl (C=O) groups excluding carboxylic acids is 2. The van der Waals surface area contributed by atoms with Crippen LogP contribution in [-0.2, 0) is 9.47 Å². The van der Waals surface area contributed by atoms with Crippen LogP contribution in [0.5, 0.6) is 0 Å². The van der Waals surface area contributed by atoms with Crippen molar-refractivity contribution in [1.29, 1.82) is 0 Å². The number of carbonyl (C=O) groups is 2. The van der Waals surface area contributed by atoms with Gasteiger partial charge < -0.3 is 9.47 Å². The van der Waals surface area contributed by atoms with Crippen LogP contribution in [-0.4, -0.2) is 35.1 Å². The summed E-state index contributed by atoms with van der Waals surface area (Å²) in [6.45, 7) is 3.04. The zero-order valence-electron chi connectivity index (χ0n) is 14.0. The van der Waals surface area contributed by atoms with Crippen molar-refractivity contribution < 1.29 is 24.0 Å². The maximum atomic E-state index is 12.4. The van der Waals surface area contributed by atoms with Gasteiger partial charge in [0, 0.05) is 5.56 Å².